The number of carboxylic acids is 4. The van der Waals surface area contributed by atoms with Gasteiger partial charge in [0, 0.05) is 6.54 Å². The molecule has 0 amide bonds. The monoisotopic (exact) mass is 378 g/mol. The number of nitrogens with zero attached hydrogens (tertiary/aromatic N) is 1. The Kier molecular flexibility index (Phi) is 14.0. The molecule has 12 nitrogen and oxygen atoms in total. The fourth-order valence-electron chi connectivity index (χ4n) is 1.15. The topological polar surface area (TPSA) is 201 Å². The first-order valence-electron chi connectivity index (χ1n) is 6.93. The molecule has 6 N–H and O–H groups in total. The van der Waals surface area contributed by atoms with Crippen LogP contribution in [-0.4, -0.2) is 76.5 Å². The van der Waals surface area contributed by atoms with E-state index in [1.165, 1.54) is 0 Å². The molecule has 0 spiro atoms. The average Bonchev–Trinajstić information content (AvgIpc) is 2.95. The SMILES string of the molecule is CN(C)Cc1ccc(COCCN)o1.O=C(O)C(=O)O.O=C(O)C(=O)O. The Morgan fingerprint density at radius 2 is 1.38 bits per heavy atom. The van der Waals surface area contributed by atoms with Gasteiger partial charge in [0.15, 0.2) is 0 Å². The van der Waals surface area contributed by atoms with Crippen LogP contribution in [0.15, 0.2) is 16.5 Å². The standard InChI is InChI=1S/C10H18N2O2.2C2H2O4/c1-12(2)7-9-3-4-10(14-9)8-13-6-5-11;2*3-1(4)2(5)6/h3-4H,5-8,11H2,1-2H3;2*(H,3,4)(H,5,6). The van der Waals surface area contributed by atoms with Crippen LogP contribution in [0.3, 0.4) is 0 Å². The van der Waals surface area contributed by atoms with Gasteiger partial charge in [0.05, 0.1) is 13.2 Å². The van der Waals surface area contributed by atoms with E-state index in [2.05, 4.69) is 4.90 Å². The Morgan fingerprint density at radius 1 is 0.962 bits per heavy atom. The van der Waals surface area contributed by atoms with Gasteiger partial charge < -0.3 is 40.2 Å². The molecule has 0 bridgehead atoms. The van der Waals surface area contributed by atoms with E-state index in [9.17, 15) is 0 Å². The van der Waals surface area contributed by atoms with Crippen molar-refractivity contribution in [3.05, 3.63) is 23.7 Å². The van der Waals surface area contributed by atoms with Gasteiger partial charge in [0.25, 0.3) is 0 Å². The third-order valence-electron chi connectivity index (χ3n) is 2.06. The molecule has 0 radical (unpaired) electrons. The van der Waals surface area contributed by atoms with Crippen molar-refractivity contribution in [2.75, 3.05) is 27.2 Å². The minimum Gasteiger partial charge on any atom is -0.473 e. The van der Waals surface area contributed by atoms with Crippen LogP contribution in [0, 0.1) is 0 Å². The number of aliphatic carboxylic acids is 4. The molecule has 1 aromatic rings. The smallest absolute Gasteiger partial charge is 0.414 e. The van der Waals surface area contributed by atoms with Crippen molar-refractivity contribution in [3.63, 3.8) is 0 Å². The Morgan fingerprint density at radius 3 is 1.73 bits per heavy atom. The molecule has 0 fully saturated rings. The summed E-state index contributed by atoms with van der Waals surface area (Å²) in [5.74, 6) is -5.48. The first-order chi connectivity index (χ1) is 12.0. The number of carbonyl (C=O) groups is 4. The predicted molar refractivity (Wildman–Crippen MR) is 85.4 cm³/mol. The second-order valence-electron chi connectivity index (χ2n) is 4.67. The highest BCUT2D eigenvalue weighted by Gasteiger charge is 2.04. The van der Waals surface area contributed by atoms with Gasteiger partial charge in [0.2, 0.25) is 0 Å². The first-order valence-corrected chi connectivity index (χ1v) is 6.93. The Bertz CT molecular complexity index is 534. The van der Waals surface area contributed by atoms with Crippen molar-refractivity contribution in [1.29, 1.82) is 0 Å². The normalized spacial score (nSPS) is 9.38. The average molecular weight is 378 g/mol. The number of hydrogen-bond acceptors (Lipinski definition) is 8. The lowest BCUT2D eigenvalue weighted by molar-refractivity contribution is -0.159. The highest BCUT2D eigenvalue weighted by molar-refractivity contribution is 6.27. The molecule has 1 aromatic heterocycles. The van der Waals surface area contributed by atoms with E-state index in [0.717, 1.165) is 18.1 Å². The van der Waals surface area contributed by atoms with E-state index in [0.29, 0.717) is 19.8 Å². The van der Waals surface area contributed by atoms with E-state index in [-0.39, 0.29) is 0 Å². The fourth-order valence-corrected chi connectivity index (χ4v) is 1.15. The molecular formula is C14H22N2O10. The summed E-state index contributed by atoms with van der Waals surface area (Å²) < 4.78 is 10.8. The summed E-state index contributed by atoms with van der Waals surface area (Å²) in [7, 11) is 4.01. The Labute approximate surface area is 148 Å². The van der Waals surface area contributed by atoms with E-state index in [4.69, 9.17) is 54.5 Å². The summed E-state index contributed by atoms with van der Waals surface area (Å²) in [6, 6.07) is 3.91. The van der Waals surface area contributed by atoms with Gasteiger partial charge in [-0.25, -0.2) is 19.2 Å². The molecular weight excluding hydrogens is 356 g/mol. The van der Waals surface area contributed by atoms with Crippen LogP contribution in [0.4, 0.5) is 0 Å². The van der Waals surface area contributed by atoms with Crippen LogP contribution in [-0.2, 0) is 37.1 Å². The number of rotatable bonds is 6. The summed E-state index contributed by atoms with van der Waals surface area (Å²) in [4.78, 5) is 38.5. The zero-order chi connectivity index (χ0) is 20.7. The maximum atomic E-state index is 9.10. The lowest BCUT2D eigenvalue weighted by Gasteiger charge is -2.05. The molecule has 26 heavy (non-hydrogen) atoms. The molecule has 0 saturated carbocycles. The van der Waals surface area contributed by atoms with Crippen LogP contribution in [0.1, 0.15) is 11.5 Å². The summed E-state index contributed by atoms with van der Waals surface area (Å²) in [6.07, 6.45) is 0. The number of ether oxygens (including phenoxy) is 1. The lowest BCUT2D eigenvalue weighted by Crippen LogP contribution is -2.09. The number of furan rings is 1. The van der Waals surface area contributed by atoms with E-state index >= 15 is 0 Å². The molecule has 0 atom stereocenters. The predicted octanol–water partition coefficient (Wildman–Crippen LogP) is -0.872. The lowest BCUT2D eigenvalue weighted by atomic mass is 10.4. The molecule has 1 rings (SSSR count). The number of nitrogens with two attached hydrogens (primary N) is 1. The number of carboxylic acid groups (broad SMARTS) is 4. The van der Waals surface area contributed by atoms with Crippen molar-refractivity contribution in [1.82, 2.24) is 4.90 Å². The van der Waals surface area contributed by atoms with Crippen molar-refractivity contribution in [2.24, 2.45) is 5.73 Å². The molecule has 0 aliphatic heterocycles. The minimum atomic E-state index is -1.82. The maximum absolute atomic E-state index is 9.10. The third kappa shape index (κ3) is 15.9. The molecule has 0 saturated heterocycles. The summed E-state index contributed by atoms with van der Waals surface area (Å²) >= 11 is 0. The van der Waals surface area contributed by atoms with E-state index in [1.807, 2.05) is 26.2 Å². The van der Waals surface area contributed by atoms with Crippen LogP contribution in [0.25, 0.3) is 0 Å². The zero-order valence-corrected chi connectivity index (χ0v) is 14.2. The second kappa shape index (κ2) is 14.4. The van der Waals surface area contributed by atoms with Crippen LogP contribution >= 0.6 is 0 Å². The quantitative estimate of drug-likeness (QED) is 0.303. The van der Waals surface area contributed by atoms with Crippen molar-refractivity contribution in [2.45, 2.75) is 13.2 Å². The Hall–Kier alpha value is -2.96. The van der Waals surface area contributed by atoms with E-state index in [1.54, 1.807) is 0 Å². The van der Waals surface area contributed by atoms with Crippen LogP contribution in [0.2, 0.25) is 0 Å². The fraction of sp³-hybridized carbons (Fsp3) is 0.429. The first kappa shape index (κ1) is 25.3. The largest absolute Gasteiger partial charge is 0.473 e. The molecule has 0 unspecified atom stereocenters. The summed E-state index contributed by atoms with van der Waals surface area (Å²) in [5, 5.41) is 29.6. The maximum Gasteiger partial charge on any atom is 0.414 e. The minimum absolute atomic E-state index is 0.505. The molecule has 1 heterocycles. The summed E-state index contributed by atoms with van der Waals surface area (Å²) in [6.45, 7) is 2.44. The molecule has 12 heteroatoms. The Balaban J connectivity index is 0. The van der Waals surface area contributed by atoms with Crippen LogP contribution < -0.4 is 5.73 Å². The van der Waals surface area contributed by atoms with Gasteiger partial charge in [-0.3, -0.25) is 0 Å². The van der Waals surface area contributed by atoms with Crippen molar-refractivity contribution in [3.8, 4) is 0 Å². The van der Waals surface area contributed by atoms with Gasteiger partial charge in [-0.1, -0.05) is 0 Å². The molecule has 148 valence electrons. The molecule has 0 aliphatic carbocycles. The van der Waals surface area contributed by atoms with Gasteiger partial charge in [-0.2, -0.15) is 0 Å². The van der Waals surface area contributed by atoms with Gasteiger partial charge >= 0.3 is 23.9 Å². The van der Waals surface area contributed by atoms with Crippen molar-refractivity contribution < 1.29 is 48.8 Å². The molecule has 0 aromatic carbocycles. The van der Waals surface area contributed by atoms with E-state index < -0.39 is 23.9 Å². The highest BCUT2D eigenvalue weighted by atomic mass is 16.5. The number of hydrogen-bond donors (Lipinski definition) is 5. The highest BCUT2D eigenvalue weighted by Crippen LogP contribution is 2.10. The molecule has 0 aliphatic rings. The van der Waals surface area contributed by atoms with Gasteiger partial charge in [0.1, 0.15) is 18.1 Å². The van der Waals surface area contributed by atoms with Gasteiger partial charge in [-0.15, -0.1) is 0 Å². The third-order valence-corrected chi connectivity index (χ3v) is 2.06. The van der Waals surface area contributed by atoms with Crippen molar-refractivity contribution >= 4 is 23.9 Å². The second-order valence-corrected chi connectivity index (χ2v) is 4.67. The van der Waals surface area contributed by atoms with Gasteiger partial charge in [-0.05, 0) is 26.2 Å². The summed E-state index contributed by atoms with van der Waals surface area (Å²) in [5.41, 5.74) is 5.30. The van der Waals surface area contributed by atoms with Crippen LogP contribution in [0.5, 0.6) is 0 Å². The zero-order valence-electron chi connectivity index (χ0n) is 14.2.